The molecule has 0 amide bonds. The van der Waals surface area contributed by atoms with Gasteiger partial charge < -0.3 is 0 Å². The molecule has 0 radical (unpaired) electrons. The summed E-state index contributed by atoms with van der Waals surface area (Å²) in [6.45, 7) is 4.39. The van der Waals surface area contributed by atoms with Gasteiger partial charge >= 0.3 is 0 Å². The van der Waals surface area contributed by atoms with E-state index in [0.29, 0.717) is 6.54 Å². The highest BCUT2D eigenvalue weighted by molar-refractivity contribution is 5.63. The Hall–Kier alpha value is -2.75. The Morgan fingerprint density at radius 1 is 1.00 bits per heavy atom. The van der Waals surface area contributed by atoms with Gasteiger partial charge in [-0.3, -0.25) is 4.79 Å². The summed E-state index contributed by atoms with van der Waals surface area (Å²) in [6.07, 6.45) is 0. The fraction of sp³-hybridized carbons (Fsp3) is 0.158. The maximum atomic E-state index is 13.0. The van der Waals surface area contributed by atoms with E-state index >= 15 is 0 Å². The average Bonchev–Trinajstić information content (AvgIpc) is 2.52. The smallest absolute Gasteiger partial charge is 0.267 e. The quantitative estimate of drug-likeness (QED) is 0.739. The van der Waals surface area contributed by atoms with Crippen molar-refractivity contribution >= 4 is 0 Å². The molecular formula is C19H17FN2O. The van der Waals surface area contributed by atoms with Crippen molar-refractivity contribution in [3.8, 4) is 11.3 Å². The minimum Gasteiger partial charge on any atom is -0.268 e. The molecule has 4 heteroatoms. The predicted molar refractivity (Wildman–Crippen MR) is 88.9 cm³/mol. The minimum absolute atomic E-state index is 0.178. The minimum atomic E-state index is -0.293. The number of hydrogen-bond donors (Lipinski definition) is 0. The van der Waals surface area contributed by atoms with Crippen molar-refractivity contribution in [3.63, 3.8) is 0 Å². The number of nitrogens with zero attached hydrogens (tertiary/aromatic N) is 2. The van der Waals surface area contributed by atoms with E-state index < -0.39 is 0 Å². The molecule has 116 valence electrons. The molecule has 0 N–H and O–H groups in total. The first-order chi connectivity index (χ1) is 11.0. The van der Waals surface area contributed by atoms with Crippen molar-refractivity contribution in [2.45, 2.75) is 20.4 Å². The third kappa shape index (κ3) is 3.37. The van der Waals surface area contributed by atoms with Gasteiger partial charge in [-0.05, 0) is 43.2 Å². The Balaban J connectivity index is 1.99. The maximum absolute atomic E-state index is 13.0. The molecule has 1 heterocycles. The number of aryl methyl sites for hydroxylation is 2. The molecule has 0 saturated carbocycles. The van der Waals surface area contributed by atoms with Crippen LogP contribution in [0.5, 0.6) is 0 Å². The van der Waals surface area contributed by atoms with E-state index in [1.54, 1.807) is 18.2 Å². The van der Waals surface area contributed by atoms with Crippen molar-refractivity contribution in [1.82, 2.24) is 9.78 Å². The second-order valence-corrected chi connectivity index (χ2v) is 5.66. The normalized spacial score (nSPS) is 10.7. The zero-order valence-electron chi connectivity index (χ0n) is 13.1. The van der Waals surface area contributed by atoms with E-state index in [9.17, 15) is 9.18 Å². The summed E-state index contributed by atoms with van der Waals surface area (Å²) in [6, 6.07) is 15.5. The number of hydrogen-bond acceptors (Lipinski definition) is 2. The van der Waals surface area contributed by atoms with Crippen LogP contribution in [0.25, 0.3) is 11.3 Å². The van der Waals surface area contributed by atoms with E-state index in [4.69, 9.17) is 0 Å². The monoisotopic (exact) mass is 308 g/mol. The van der Waals surface area contributed by atoms with Crippen molar-refractivity contribution in [3.05, 3.63) is 87.5 Å². The fourth-order valence-corrected chi connectivity index (χ4v) is 2.57. The van der Waals surface area contributed by atoms with E-state index in [1.165, 1.54) is 28.4 Å². The van der Waals surface area contributed by atoms with Crippen LogP contribution in [-0.2, 0) is 6.54 Å². The van der Waals surface area contributed by atoms with Gasteiger partial charge in [0.15, 0.2) is 0 Å². The Bertz CT molecular complexity index is 898. The first-order valence-electron chi connectivity index (χ1n) is 7.43. The molecule has 0 bridgehead atoms. The SMILES string of the molecule is Cc1ccc(-c2ccc(=O)n(Cc3ccc(F)cc3)n2)c(C)c1. The molecule has 0 aliphatic carbocycles. The highest BCUT2D eigenvalue weighted by atomic mass is 19.1. The first kappa shape index (κ1) is 15.2. The average molecular weight is 308 g/mol. The summed E-state index contributed by atoms with van der Waals surface area (Å²) in [7, 11) is 0. The molecule has 0 aliphatic rings. The van der Waals surface area contributed by atoms with Crippen molar-refractivity contribution in [2.75, 3.05) is 0 Å². The van der Waals surface area contributed by atoms with Gasteiger partial charge in [0, 0.05) is 11.6 Å². The summed E-state index contributed by atoms with van der Waals surface area (Å²) in [4.78, 5) is 12.0. The van der Waals surface area contributed by atoms with E-state index in [-0.39, 0.29) is 11.4 Å². The van der Waals surface area contributed by atoms with E-state index in [1.807, 2.05) is 26.0 Å². The van der Waals surface area contributed by atoms with Gasteiger partial charge in [-0.25, -0.2) is 9.07 Å². The van der Waals surface area contributed by atoms with Crippen LogP contribution >= 0.6 is 0 Å². The van der Waals surface area contributed by atoms with Crippen LogP contribution in [0.15, 0.2) is 59.4 Å². The number of benzene rings is 2. The van der Waals surface area contributed by atoms with Crippen LogP contribution in [0.2, 0.25) is 0 Å². The van der Waals surface area contributed by atoms with Gasteiger partial charge in [0.25, 0.3) is 5.56 Å². The largest absolute Gasteiger partial charge is 0.268 e. The Morgan fingerprint density at radius 3 is 2.43 bits per heavy atom. The third-order valence-electron chi connectivity index (χ3n) is 3.77. The molecule has 3 rings (SSSR count). The van der Waals surface area contributed by atoms with Crippen LogP contribution < -0.4 is 5.56 Å². The van der Waals surface area contributed by atoms with Crippen molar-refractivity contribution in [1.29, 1.82) is 0 Å². The lowest BCUT2D eigenvalue weighted by molar-refractivity contribution is 0.620. The van der Waals surface area contributed by atoms with Crippen molar-refractivity contribution < 1.29 is 4.39 Å². The molecule has 3 nitrogen and oxygen atoms in total. The summed E-state index contributed by atoms with van der Waals surface area (Å²) >= 11 is 0. The number of rotatable bonds is 3. The lowest BCUT2D eigenvalue weighted by Crippen LogP contribution is -2.22. The predicted octanol–water partition coefficient (Wildman–Crippen LogP) is 3.71. The standard InChI is InChI=1S/C19H17FN2O/c1-13-3-8-17(14(2)11-13)18-9-10-19(23)22(21-18)12-15-4-6-16(20)7-5-15/h3-11H,12H2,1-2H3. The fourth-order valence-electron chi connectivity index (χ4n) is 2.57. The zero-order valence-corrected chi connectivity index (χ0v) is 13.1. The van der Waals surface area contributed by atoms with E-state index in [2.05, 4.69) is 11.2 Å². The Kier molecular flexibility index (Phi) is 4.06. The lowest BCUT2D eigenvalue weighted by Gasteiger charge is -2.10. The first-order valence-corrected chi connectivity index (χ1v) is 7.43. The molecule has 1 aromatic heterocycles. The summed E-state index contributed by atoms with van der Waals surface area (Å²) < 4.78 is 14.4. The molecule has 0 unspecified atom stereocenters. The molecule has 0 atom stereocenters. The third-order valence-corrected chi connectivity index (χ3v) is 3.77. The molecule has 0 spiro atoms. The Morgan fingerprint density at radius 2 is 1.74 bits per heavy atom. The van der Waals surface area contributed by atoms with Gasteiger partial charge in [0.2, 0.25) is 0 Å². The summed E-state index contributed by atoms with van der Waals surface area (Å²) in [5, 5.41) is 4.46. The van der Waals surface area contributed by atoms with Crippen LogP contribution in [0, 0.1) is 19.7 Å². The van der Waals surface area contributed by atoms with Gasteiger partial charge in [0.1, 0.15) is 5.82 Å². The van der Waals surface area contributed by atoms with Gasteiger partial charge in [-0.2, -0.15) is 5.10 Å². The molecule has 23 heavy (non-hydrogen) atoms. The van der Waals surface area contributed by atoms with Crippen molar-refractivity contribution in [2.24, 2.45) is 0 Å². The molecule has 2 aromatic carbocycles. The number of aromatic nitrogens is 2. The molecular weight excluding hydrogens is 291 g/mol. The Labute approximate surface area is 134 Å². The highest BCUT2D eigenvalue weighted by Crippen LogP contribution is 2.21. The summed E-state index contributed by atoms with van der Waals surface area (Å²) in [5.74, 6) is -0.293. The van der Waals surface area contributed by atoms with Crippen LogP contribution in [0.4, 0.5) is 4.39 Å². The van der Waals surface area contributed by atoms with Gasteiger partial charge in [0.05, 0.1) is 12.2 Å². The van der Waals surface area contributed by atoms with Crippen LogP contribution in [0.3, 0.4) is 0 Å². The molecule has 0 saturated heterocycles. The second-order valence-electron chi connectivity index (χ2n) is 5.66. The van der Waals surface area contributed by atoms with Gasteiger partial charge in [-0.1, -0.05) is 35.9 Å². The van der Waals surface area contributed by atoms with Crippen LogP contribution in [-0.4, -0.2) is 9.78 Å². The number of halogens is 1. The summed E-state index contributed by atoms with van der Waals surface area (Å²) in [5.41, 5.74) is 4.71. The second kappa shape index (κ2) is 6.16. The lowest BCUT2D eigenvalue weighted by atomic mass is 10.0. The topological polar surface area (TPSA) is 34.9 Å². The van der Waals surface area contributed by atoms with E-state index in [0.717, 1.165) is 22.4 Å². The molecule has 3 aromatic rings. The maximum Gasteiger partial charge on any atom is 0.267 e. The molecule has 0 aliphatic heterocycles. The van der Waals surface area contributed by atoms with Crippen LogP contribution in [0.1, 0.15) is 16.7 Å². The van der Waals surface area contributed by atoms with Gasteiger partial charge in [-0.15, -0.1) is 0 Å². The molecule has 0 fully saturated rings. The highest BCUT2D eigenvalue weighted by Gasteiger charge is 2.07. The zero-order chi connectivity index (χ0) is 16.4.